The molecule has 4 nitrogen and oxygen atoms in total. The first kappa shape index (κ1) is 18.8. The monoisotopic (exact) mass is 415 g/mol. The summed E-state index contributed by atoms with van der Waals surface area (Å²) in [4.78, 5) is 27.5. The highest BCUT2D eigenvalue weighted by molar-refractivity contribution is 9.10. The molecule has 0 aromatic heterocycles. The largest absolute Gasteiger partial charge is 0.375 e. The van der Waals surface area contributed by atoms with Gasteiger partial charge in [0.2, 0.25) is 0 Å². The van der Waals surface area contributed by atoms with E-state index in [9.17, 15) is 14.7 Å². The van der Waals surface area contributed by atoms with E-state index >= 15 is 0 Å². The number of halogens is 1. The lowest BCUT2D eigenvalue weighted by Crippen LogP contribution is -2.42. The van der Waals surface area contributed by atoms with Crippen LogP contribution in [0.2, 0.25) is 0 Å². The highest BCUT2D eigenvalue weighted by Gasteiger charge is 2.50. The fourth-order valence-corrected chi connectivity index (χ4v) is 3.86. The molecule has 1 N–H and O–H groups in total. The number of benzene rings is 2. The van der Waals surface area contributed by atoms with Gasteiger partial charge in [-0.2, -0.15) is 0 Å². The number of fused-ring (bicyclic) bond motifs is 1. The van der Waals surface area contributed by atoms with Crippen molar-refractivity contribution < 1.29 is 14.7 Å². The van der Waals surface area contributed by atoms with Crippen molar-refractivity contribution in [3.05, 3.63) is 63.1 Å². The van der Waals surface area contributed by atoms with Crippen LogP contribution >= 0.6 is 15.9 Å². The molecule has 1 aliphatic rings. The molecule has 1 aliphatic heterocycles. The Bertz CT molecular complexity index is 893. The number of aliphatic hydroxyl groups is 1. The summed E-state index contributed by atoms with van der Waals surface area (Å²) in [6.45, 7) is 6.26. The zero-order chi connectivity index (χ0) is 19.1. The van der Waals surface area contributed by atoms with Gasteiger partial charge in [0.15, 0.2) is 11.4 Å². The van der Waals surface area contributed by atoms with Gasteiger partial charge in [-0.25, -0.2) is 0 Å². The number of rotatable bonds is 5. The van der Waals surface area contributed by atoms with Crippen molar-refractivity contribution in [1.82, 2.24) is 0 Å². The van der Waals surface area contributed by atoms with Crippen molar-refractivity contribution in [3.63, 3.8) is 0 Å². The Hall–Kier alpha value is -1.98. The number of nitrogens with zero attached hydrogens (tertiary/aromatic N) is 1. The zero-order valence-electron chi connectivity index (χ0n) is 15.2. The standard InChI is InChI=1S/C21H22BrNO3/c1-4-9-23-18-8-7-15(22)11-17(18)21(26,20(23)25)12-19(24)16-10-13(2)5-6-14(16)3/h5-8,10-11,26H,4,9,12H2,1-3H3. The topological polar surface area (TPSA) is 57.6 Å². The molecule has 1 amide bonds. The molecule has 1 atom stereocenters. The fraction of sp³-hybridized carbons (Fsp3) is 0.333. The highest BCUT2D eigenvalue weighted by Crippen LogP contribution is 2.44. The first-order valence-electron chi connectivity index (χ1n) is 8.72. The molecule has 0 saturated carbocycles. The van der Waals surface area contributed by atoms with Crippen molar-refractivity contribution in [2.75, 3.05) is 11.4 Å². The molecule has 1 unspecified atom stereocenters. The summed E-state index contributed by atoms with van der Waals surface area (Å²) in [7, 11) is 0. The van der Waals surface area contributed by atoms with Crippen LogP contribution in [-0.2, 0) is 10.4 Å². The Morgan fingerprint density at radius 1 is 1.19 bits per heavy atom. The van der Waals surface area contributed by atoms with Crippen LogP contribution in [0.4, 0.5) is 5.69 Å². The van der Waals surface area contributed by atoms with E-state index in [0.717, 1.165) is 22.0 Å². The second kappa shape index (κ2) is 6.97. The number of Topliss-reactive ketones (excluding diaryl/α,β-unsaturated/α-hetero) is 1. The first-order valence-corrected chi connectivity index (χ1v) is 9.52. The van der Waals surface area contributed by atoms with Gasteiger partial charge in [0.05, 0.1) is 12.1 Å². The van der Waals surface area contributed by atoms with Crippen LogP contribution in [0.1, 0.15) is 46.8 Å². The van der Waals surface area contributed by atoms with E-state index in [1.807, 2.05) is 51.1 Å². The highest BCUT2D eigenvalue weighted by atomic mass is 79.9. The van der Waals surface area contributed by atoms with Gasteiger partial charge in [-0.1, -0.05) is 40.5 Å². The predicted molar refractivity (Wildman–Crippen MR) is 106 cm³/mol. The number of ketones is 1. The van der Waals surface area contributed by atoms with Crippen molar-refractivity contribution in [3.8, 4) is 0 Å². The maximum Gasteiger partial charge on any atom is 0.264 e. The van der Waals surface area contributed by atoms with Crippen molar-refractivity contribution in [2.24, 2.45) is 0 Å². The van der Waals surface area contributed by atoms with Gasteiger partial charge in [-0.3, -0.25) is 9.59 Å². The minimum Gasteiger partial charge on any atom is -0.375 e. The third-order valence-corrected chi connectivity index (χ3v) is 5.34. The van der Waals surface area contributed by atoms with E-state index in [-0.39, 0.29) is 12.2 Å². The quantitative estimate of drug-likeness (QED) is 0.741. The number of hydrogen-bond acceptors (Lipinski definition) is 3. The molecule has 5 heteroatoms. The normalized spacial score (nSPS) is 19.0. The van der Waals surface area contributed by atoms with Crippen molar-refractivity contribution in [2.45, 2.75) is 39.2 Å². The lowest BCUT2D eigenvalue weighted by molar-refractivity contribution is -0.135. The number of amides is 1. The van der Waals surface area contributed by atoms with E-state index in [1.165, 1.54) is 0 Å². The molecule has 0 aliphatic carbocycles. The molecule has 0 spiro atoms. The smallest absolute Gasteiger partial charge is 0.264 e. The summed E-state index contributed by atoms with van der Waals surface area (Å²) < 4.78 is 0.764. The van der Waals surface area contributed by atoms with E-state index < -0.39 is 11.5 Å². The second-order valence-corrected chi connectivity index (χ2v) is 7.81. The molecule has 0 radical (unpaired) electrons. The average Bonchev–Trinajstić information content (AvgIpc) is 2.79. The number of hydrogen-bond donors (Lipinski definition) is 1. The second-order valence-electron chi connectivity index (χ2n) is 6.90. The molecule has 2 aromatic rings. The summed E-state index contributed by atoms with van der Waals surface area (Å²) in [6, 6.07) is 11.0. The molecule has 2 aromatic carbocycles. The Labute approximate surface area is 162 Å². The van der Waals surface area contributed by atoms with Gasteiger partial charge < -0.3 is 10.0 Å². The summed E-state index contributed by atoms with van der Waals surface area (Å²) in [5, 5.41) is 11.3. The van der Waals surface area contributed by atoms with Crippen LogP contribution < -0.4 is 4.90 Å². The van der Waals surface area contributed by atoms with Gasteiger partial charge in [0.1, 0.15) is 0 Å². The lowest BCUT2D eigenvalue weighted by atomic mass is 9.87. The summed E-state index contributed by atoms with van der Waals surface area (Å²) in [5.74, 6) is -0.655. The summed E-state index contributed by atoms with van der Waals surface area (Å²) in [6.07, 6.45) is 0.502. The molecule has 136 valence electrons. The minimum absolute atomic E-state index is 0.230. The SMILES string of the molecule is CCCN1C(=O)C(O)(CC(=O)c2cc(C)ccc2C)c2cc(Br)ccc21. The Kier molecular flexibility index (Phi) is 5.04. The molecule has 0 saturated heterocycles. The molecular formula is C21H22BrNO3. The number of carbonyl (C=O) groups excluding carboxylic acids is 2. The molecule has 0 bridgehead atoms. The predicted octanol–water partition coefficient (Wildman–Crippen LogP) is 4.28. The van der Waals surface area contributed by atoms with E-state index in [2.05, 4.69) is 15.9 Å². The number of anilines is 1. The van der Waals surface area contributed by atoms with Gasteiger partial charge in [-0.05, 0) is 50.1 Å². The van der Waals surface area contributed by atoms with Gasteiger partial charge in [-0.15, -0.1) is 0 Å². The summed E-state index contributed by atoms with van der Waals surface area (Å²) in [5.41, 5.74) is 1.70. The maximum atomic E-state index is 13.0. The van der Waals surface area contributed by atoms with E-state index in [0.29, 0.717) is 23.4 Å². The Morgan fingerprint density at radius 2 is 1.92 bits per heavy atom. The van der Waals surface area contributed by atoms with E-state index in [4.69, 9.17) is 0 Å². The van der Waals surface area contributed by atoms with Crippen LogP contribution in [-0.4, -0.2) is 23.3 Å². The Balaban J connectivity index is 2.03. The minimum atomic E-state index is -1.83. The first-order chi connectivity index (χ1) is 12.3. The third-order valence-electron chi connectivity index (χ3n) is 4.85. The molecular weight excluding hydrogens is 394 g/mol. The van der Waals surface area contributed by atoms with Crippen LogP contribution in [0.5, 0.6) is 0 Å². The molecule has 0 fully saturated rings. The van der Waals surface area contributed by atoms with E-state index in [1.54, 1.807) is 11.0 Å². The zero-order valence-corrected chi connectivity index (χ0v) is 16.8. The summed E-state index contributed by atoms with van der Waals surface area (Å²) >= 11 is 3.40. The van der Waals surface area contributed by atoms with Gasteiger partial charge >= 0.3 is 0 Å². The average molecular weight is 416 g/mol. The van der Waals surface area contributed by atoms with Crippen molar-refractivity contribution >= 4 is 33.3 Å². The van der Waals surface area contributed by atoms with Gasteiger partial charge in [0.25, 0.3) is 5.91 Å². The van der Waals surface area contributed by atoms with Crippen molar-refractivity contribution in [1.29, 1.82) is 0 Å². The Morgan fingerprint density at radius 3 is 2.62 bits per heavy atom. The van der Waals surface area contributed by atoms with Crippen LogP contribution in [0, 0.1) is 13.8 Å². The third kappa shape index (κ3) is 3.10. The molecule has 26 heavy (non-hydrogen) atoms. The molecule has 3 rings (SSSR count). The van der Waals surface area contributed by atoms with Crippen LogP contribution in [0.3, 0.4) is 0 Å². The number of aryl methyl sites for hydroxylation is 2. The number of carbonyl (C=O) groups is 2. The lowest BCUT2D eigenvalue weighted by Gasteiger charge is -2.23. The fourth-order valence-electron chi connectivity index (χ4n) is 3.50. The van der Waals surface area contributed by atoms with Crippen LogP contribution in [0.15, 0.2) is 40.9 Å². The maximum absolute atomic E-state index is 13.0. The van der Waals surface area contributed by atoms with Crippen LogP contribution in [0.25, 0.3) is 0 Å². The molecule has 1 heterocycles. The van der Waals surface area contributed by atoms with Gasteiger partial charge in [0, 0.05) is 22.1 Å².